The van der Waals surface area contributed by atoms with Crippen molar-refractivity contribution in [2.45, 2.75) is 23.3 Å². The van der Waals surface area contributed by atoms with Gasteiger partial charge >= 0.3 is 0 Å². The van der Waals surface area contributed by atoms with Crippen molar-refractivity contribution in [3.05, 3.63) is 48.0 Å². The number of sulfonamides is 1. The van der Waals surface area contributed by atoms with Crippen molar-refractivity contribution in [3.63, 3.8) is 0 Å². The largest absolute Gasteiger partial charge is 0.593 e. The fourth-order valence-corrected chi connectivity index (χ4v) is 5.84. The van der Waals surface area contributed by atoms with E-state index in [0.717, 1.165) is 0 Å². The average Bonchev–Trinajstić information content (AvgIpc) is 3.16. The van der Waals surface area contributed by atoms with Crippen LogP contribution < -0.4 is 19.5 Å². The molecule has 3 aliphatic rings. The van der Waals surface area contributed by atoms with Crippen LogP contribution in [0.3, 0.4) is 0 Å². The summed E-state index contributed by atoms with van der Waals surface area (Å²) in [7, 11) is -3.70. The molecule has 1 amide bonds. The van der Waals surface area contributed by atoms with Crippen LogP contribution in [0.15, 0.2) is 47.4 Å². The highest BCUT2D eigenvalue weighted by atomic mass is 32.3. The molecule has 1 fully saturated rings. The number of hydrogen-bond donors (Lipinski definition) is 2. The van der Waals surface area contributed by atoms with Crippen LogP contribution >= 0.6 is 0 Å². The van der Waals surface area contributed by atoms with Gasteiger partial charge in [0.1, 0.15) is 0 Å². The van der Waals surface area contributed by atoms with E-state index in [9.17, 15) is 13.6 Å². The highest BCUT2D eigenvalue weighted by molar-refractivity contribution is 7.96. The van der Waals surface area contributed by atoms with Crippen molar-refractivity contribution in [2.24, 2.45) is 0 Å². The molecule has 0 aromatic heterocycles. The molecule has 2 atom stereocenters. The van der Waals surface area contributed by atoms with Crippen LogP contribution in [0.4, 0.5) is 5.69 Å². The summed E-state index contributed by atoms with van der Waals surface area (Å²) in [5, 5.41) is 3.26. The summed E-state index contributed by atoms with van der Waals surface area (Å²) in [6.07, 6.45) is 1.36. The van der Waals surface area contributed by atoms with Gasteiger partial charge < -0.3 is 24.2 Å². The molecule has 3 heterocycles. The minimum atomic E-state index is -3.70. The Morgan fingerprint density at radius 2 is 2.00 bits per heavy atom. The van der Waals surface area contributed by atoms with Gasteiger partial charge in [-0.25, -0.2) is 0 Å². The van der Waals surface area contributed by atoms with E-state index in [-0.39, 0.29) is 17.6 Å². The number of benzene rings is 2. The topological polar surface area (TPSA) is 103 Å². The van der Waals surface area contributed by atoms with Gasteiger partial charge in [-0.05, 0) is 43.2 Å². The Bertz CT molecular complexity index is 1030. The Morgan fingerprint density at radius 3 is 2.90 bits per heavy atom. The van der Waals surface area contributed by atoms with Gasteiger partial charge in [0.05, 0.1) is 11.2 Å². The Morgan fingerprint density at radius 1 is 1.17 bits per heavy atom. The fraction of sp³-hybridized carbons (Fsp3) is 0.350. The molecule has 1 saturated heterocycles. The number of hydrogen-bond acceptors (Lipinski definition) is 6. The lowest BCUT2D eigenvalue weighted by Crippen LogP contribution is -2.63. The first-order valence-corrected chi connectivity index (χ1v) is 11.0. The van der Waals surface area contributed by atoms with Gasteiger partial charge in [0.2, 0.25) is 6.79 Å². The summed E-state index contributed by atoms with van der Waals surface area (Å²) >= 11 is 0. The lowest BCUT2D eigenvalue weighted by atomic mass is 9.89. The molecule has 3 aliphatic heterocycles. The Hall–Kier alpha value is -2.62. The maximum atomic E-state index is 13.1. The number of carbonyl (C=O) groups excluding carboxylic acids is 1. The highest BCUT2D eigenvalue weighted by Crippen LogP contribution is 2.35. The van der Waals surface area contributed by atoms with Crippen LogP contribution in [0.25, 0.3) is 0 Å². The molecule has 2 N–H and O–H groups in total. The van der Waals surface area contributed by atoms with Crippen molar-refractivity contribution in [1.82, 2.24) is 9.62 Å². The minimum absolute atomic E-state index is 0.147. The third-order valence-corrected chi connectivity index (χ3v) is 7.27. The van der Waals surface area contributed by atoms with Gasteiger partial charge in [0.25, 0.3) is 5.91 Å². The Balaban J connectivity index is 1.40. The van der Waals surface area contributed by atoms with E-state index in [4.69, 9.17) is 9.47 Å². The average molecular weight is 415 g/mol. The van der Waals surface area contributed by atoms with Gasteiger partial charge in [0, 0.05) is 25.2 Å². The maximum absolute atomic E-state index is 13.1. The van der Waals surface area contributed by atoms with Gasteiger partial charge in [-0.15, -0.1) is 4.72 Å². The van der Waals surface area contributed by atoms with E-state index < -0.39 is 15.9 Å². The highest BCUT2D eigenvalue weighted by Gasteiger charge is 2.46. The molecule has 2 aromatic carbocycles. The van der Waals surface area contributed by atoms with Gasteiger partial charge in [-0.2, -0.15) is 0 Å². The molecular formula is C20H21N3O5S. The third kappa shape index (κ3) is 3.25. The van der Waals surface area contributed by atoms with Crippen molar-refractivity contribution < 1.29 is 23.0 Å². The number of likely N-dealkylation sites (tertiary alicyclic amines) is 1. The lowest BCUT2D eigenvalue weighted by Gasteiger charge is -2.42. The first-order chi connectivity index (χ1) is 14.0. The number of carbonyl (C=O) groups is 1. The van der Waals surface area contributed by atoms with Gasteiger partial charge in [0.15, 0.2) is 26.8 Å². The van der Waals surface area contributed by atoms with E-state index in [1.54, 1.807) is 47.4 Å². The first kappa shape index (κ1) is 18.4. The molecule has 1 spiro atoms. The zero-order valence-corrected chi connectivity index (χ0v) is 16.5. The molecular weight excluding hydrogens is 394 g/mol. The summed E-state index contributed by atoms with van der Waals surface area (Å²) < 4.78 is 39.5. The zero-order valence-electron chi connectivity index (χ0n) is 15.7. The van der Waals surface area contributed by atoms with Crippen LogP contribution in [0, 0.1) is 0 Å². The molecule has 0 radical (unpaired) electrons. The summed E-state index contributed by atoms with van der Waals surface area (Å²) in [4.78, 5) is 15.1. The van der Waals surface area contributed by atoms with E-state index in [2.05, 4.69) is 10.0 Å². The number of fused-ring (bicyclic) bond motifs is 2. The van der Waals surface area contributed by atoms with E-state index in [0.29, 0.717) is 55.2 Å². The second-order valence-corrected chi connectivity index (χ2v) is 9.28. The molecule has 0 aliphatic carbocycles. The van der Waals surface area contributed by atoms with Gasteiger partial charge in [-0.3, -0.25) is 4.79 Å². The van der Waals surface area contributed by atoms with Crippen LogP contribution in [-0.2, 0) is 14.6 Å². The summed E-state index contributed by atoms with van der Waals surface area (Å²) in [5.74, 6) is 1.02. The molecule has 2 aromatic rings. The smallest absolute Gasteiger partial charge is 0.254 e. The molecule has 0 saturated carbocycles. The number of para-hydroxylation sites is 1. The quantitative estimate of drug-likeness (QED) is 0.691. The SMILES string of the molecule is O=C(c1ccc2c(c1)OCO2)N1CCCC2(CNc3ccccc3[S+](=O)([O-])N2)C1. The first-order valence-electron chi connectivity index (χ1n) is 9.52. The van der Waals surface area contributed by atoms with Crippen molar-refractivity contribution >= 4 is 22.0 Å². The van der Waals surface area contributed by atoms with E-state index in [1.807, 2.05) is 0 Å². The molecule has 152 valence electrons. The van der Waals surface area contributed by atoms with Crippen LogP contribution in [0.2, 0.25) is 0 Å². The zero-order chi connectivity index (χ0) is 20.1. The van der Waals surface area contributed by atoms with Crippen LogP contribution in [0.1, 0.15) is 23.2 Å². The molecule has 5 rings (SSSR count). The predicted molar refractivity (Wildman–Crippen MR) is 106 cm³/mol. The Labute approximate surface area is 169 Å². The normalized spacial score (nSPS) is 27.8. The van der Waals surface area contributed by atoms with Crippen LogP contribution in [-0.4, -0.2) is 47.3 Å². The molecule has 9 heteroatoms. The summed E-state index contributed by atoms with van der Waals surface area (Å²) in [6, 6.07) is 12.0. The van der Waals surface area contributed by atoms with Crippen molar-refractivity contribution in [2.75, 3.05) is 31.7 Å². The van der Waals surface area contributed by atoms with Crippen molar-refractivity contribution in [3.8, 4) is 11.5 Å². The molecule has 29 heavy (non-hydrogen) atoms. The standard InChI is InChI=1S/C20H21N3O5S/c24-19(14-6-7-16-17(10-14)28-13-27-16)23-9-3-8-20(12-23)11-21-15-4-1-2-5-18(15)29(25,26)22-20/h1-2,4-7,10H,3,8-9,11-13H2,(H2-,21,22,25,26). The Kier molecular flexibility index (Phi) is 4.27. The van der Waals surface area contributed by atoms with Crippen LogP contribution in [0.5, 0.6) is 11.5 Å². The molecule has 8 nitrogen and oxygen atoms in total. The lowest BCUT2D eigenvalue weighted by molar-refractivity contribution is 0.0636. The number of nitrogens with zero attached hydrogens (tertiary/aromatic N) is 1. The van der Waals surface area contributed by atoms with Crippen molar-refractivity contribution in [1.29, 1.82) is 0 Å². The number of rotatable bonds is 1. The van der Waals surface area contributed by atoms with E-state index in [1.165, 1.54) is 0 Å². The van der Waals surface area contributed by atoms with E-state index >= 15 is 0 Å². The third-order valence-electron chi connectivity index (χ3n) is 5.63. The fourth-order valence-electron chi connectivity index (χ4n) is 4.23. The molecule has 0 bridgehead atoms. The number of amides is 1. The van der Waals surface area contributed by atoms with Gasteiger partial charge in [-0.1, -0.05) is 16.3 Å². The minimum Gasteiger partial charge on any atom is -0.593 e. The monoisotopic (exact) mass is 415 g/mol. The summed E-state index contributed by atoms with van der Waals surface area (Å²) in [6.45, 7) is 1.42. The number of ether oxygens (including phenoxy) is 2. The predicted octanol–water partition coefficient (Wildman–Crippen LogP) is 2.01. The summed E-state index contributed by atoms with van der Waals surface area (Å²) in [5.41, 5.74) is 0.317. The number of piperidine rings is 1. The number of anilines is 1. The maximum Gasteiger partial charge on any atom is 0.254 e. The second-order valence-electron chi connectivity index (χ2n) is 7.63. The number of nitrogens with one attached hydrogen (secondary N) is 2. The second kappa shape index (κ2) is 6.72. The molecule has 2 unspecified atom stereocenters.